The van der Waals surface area contributed by atoms with Crippen LogP contribution >= 0.6 is 12.4 Å². The highest BCUT2D eigenvalue weighted by Gasteiger charge is 1.97. The van der Waals surface area contributed by atoms with E-state index in [1.807, 2.05) is 30.3 Å². The molecule has 1 atom stereocenters. The molecule has 0 aliphatic heterocycles. The van der Waals surface area contributed by atoms with E-state index in [-0.39, 0.29) is 18.4 Å². The van der Waals surface area contributed by atoms with Gasteiger partial charge in [-0.05, 0) is 5.56 Å². The highest BCUT2D eigenvalue weighted by Crippen LogP contribution is 2.06. The molecular weight excluding hydrogens is 158 g/mol. The predicted molar refractivity (Wildman–Crippen MR) is 49.5 cm³/mol. The minimum absolute atomic E-state index is 0. The number of rotatable bonds is 1. The van der Waals surface area contributed by atoms with Gasteiger partial charge in [0.15, 0.2) is 0 Å². The Hall–Kier alpha value is -0.970. The summed E-state index contributed by atoms with van der Waals surface area (Å²) in [5, 5.41) is 0. The van der Waals surface area contributed by atoms with Crippen molar-refractivity contribution in [3.63, 3.8) is 0 Å². The maximum absolute atomic E-state index is 5.56. The molecule has 0 radical (unpaired) electrons. The van der Waals surface area contributed by atoms with Crippen LogP contribution in [0.15, 0.2) is 30.3 Å². The number of halogens is 1. The maximum Gasteiger partial charge on any atom is 0.0918 e. The summed E-state index contributed by atoms with van der Waals surface area (Å²) in [4.78, 5) is 0. The Morgan fingerprint density at radius 1 is 1.27 bits per heavy atom. The molecule has 0 spiro atoms. The number of hydrogen-bond donors (Lipinski definition) is 1. The molecule has 1 aromatic rings. The summed E-state index contributed by atoms with van der Waals surface area (Å²) in [7, 11) is 0. The second-order valence-corrected chi connectivity index (χ2v) is 2.06. The Morgan fingerprint density at radius 3 is 2.27 bits per heavy atom. The Balaban J connectivity index is 0.000001000. The molecule has 0 bridgehead atoms. The smallest absolute Gasteiger partial charge is 0.0918 e. The summed E-state index contributed by atoms with van der Waals surface area (Å²) < 4.78 is 0. The third kappa shape index (κ3) is 2.63. The van der Waals surface area contributed by atoms with Gasteiger partial charge in [-0.3, -0.25) is 0 Å². The molecule has 0 amide bonds. The van der Waals surface area contributed by atoms with E-state index in [1.54, 1.807) is 0 Å². The lowest BCUT2D eigenvalue weighted by molar-refractivity contribution is 0.946. The van der Waals surface area contributed by atoms with Crippen LogP contribution in [0, 0.1) is 12.3 Å². The molecule has 1 nitrogen and oxygen atoms in total. The van der Waals surface area contributed by atoms with Crippen molar-refractivity contribution in [2.45, 2.75) is 6.04 Å². The Labute approximate surface area is 73.0 Å². The van der Waals surface area contributed by atoms with E-state index in [2.05, 4.69) is 5.92 Å². The van der Waals surface area contributed by atoms with Gasteiger partial charge in [0, 0.05) is 0 Å². The zero-order valence-electron chi connectivity index (χ0n) is 6.03. The fourth-order valence-corrected chi connectivity index (χ4v) is 0.757. The standard InChI is InChI=1S/C9H9N.ClH/c1-2-9(10)8-6-4-3-5-7-8;/h1,3-7,9H,10H2;1H. The minimum atomic E-state index is -0.263. The van der Waals surface area contributed by atoms with E-state index in [4.69, 9.17) is 12.2 Å². The van der Waals surface area contributed by atoms with Gasteiger partial charge in [0.05, 0.1) is 6.04 Å². The van der Waals surface area contributed by atoms with Crippen LogP contribution in [0.2, 0.25) is 0 Å². The molecule has 0 aromatic heterocycles. The molecule has 0 aliphatic rings. The third-order valence-electron chi connectivity index (χ3n) is 1.34. The molecule has 0 saturated heterocycles. The van der Waals surface area contributed by atoms with Crippen molar-refractivity contribution in [1.29, 1.82) is 0 Å². The Bertz CT molecular complexity index is 237. The van der Waals surface area contributed by atoms with Crippen LogP contribution in [0.1, 0.15) is 11.6 Å². The molecule has 2 heteroatoms. The second kappa shape index (κ2) is 4.79. The fourth-order valence-electron chi connectivity index (χ4n) is 0.757. The topological polar surface area (TPSA) is 26.0 Å². The molecule has 0 heterocycles. The van der Waals surface area contributed by atoms with Gasteiger partial charge in [-0.1, -0.05) is 36.3 Å². The number of hydrogen-bond acceptors (Lipinski definition) is 1. The average Bonchev–Trinajstić information content (AvgIpc) is 2.05. The molecule has 58 valence electrons. The zero-order valence-corrected chi connectivity index (χ0v) is 6.84. The number of benzene rings is 1. The second-order valence-electron chi connectivity index (χ2n) is 2.06. The van der Waals surface area contributed by atoms with Gasteiger partial charge in [-0.25, -0.2) is 0 Å². The first-order valence-corrected chi connectivity index (χ1v) is 3.11. The molecule has 1 unspecified atom stereocenters. The molecule has 1 aromatic carbocycles. The largest absolute Gasteiger partial charge is 0.314 e. The van der Waals surface area contributed by atoms with Crippen molar-refractivity contribution in [2.75, 3.05) is 0 Å². The lowest BCUT2D eigenvalue weighted by Gasteiger charge is -2.01. The van der Waals surface area contributed by atoms with Crippen LogP contribution in [-0.2, 0) is 0 Å². The van der Waals surface area contributed by atoms with Crippen molar-refractivity contribution in [3.05, 3.63) is 35.9 Å². The molecule has 0 aliphatic carbocycles. The van der Waals surface area contributed by atoms with Gasteiger partial charge >= 0.3 is 0 Å². The van der Waals surface area contributed by atoms with Crippen molar-refractivity contribution in [3.8, 4) is 12.3 Å². The minimum Gasteiger partial charge on any atom is -0.314 e. The highest BCUT2D eigenvalue weighted by atomic mass is 35.5. The molecule has 0 fully saturated rings. The van der Waals surface area contributed by atoms with Crippen LogP contribution in [0.5, 0.6) is 0 Å². The van der Waals surface area contributed by atoms with E-state index in [1.165, 1.54) is 0 Å². The SMILES string of the molecule is C#CC(N)c1ccccc1.Cl. The first kappa shape index (κ1) is 10.0. The number of nitrogens with two attached hydrogens (primary N) is 1. The van der Waals surface area contributed by atoms with Crippen LogP contribution in [-0.4, -0.2) is 0 Å². The van der Waals surface area contributed by atoms with Gasteiger partial charge in [0.25, 0.3) is 0 Å². The van der Waals surface area contributed by atoms with Crippen LogP contribution in [0.25, 0.3) is 0 Å². The highest BCUT2D eigenvalue weighted by molar-refractivity contribution is 5.85. The van der Waals surface area contributed by atoms with Gasteiger partial charge in [-0.15, -0.1) is 18.8 Å². The zero-order chi connectivity index (χ0) is 7.40. The molecule has 11 heavy (non-hydrogen) atoms. The van der Waals surface area contributed by atoms with E-state index in [9.17, 15) is 0 Å². The molecule has 1 rings (SSSR count). The summed E-state index contributed by atoms with van der Waals surface area (Å²) in [6.07, 6.45) is 5.13. The van der Waals surface area contributed by atoms with Crippen molar-refractivity contribution in [1.82, 2.24) is 0 Å². The van der Waals surface area contributed by atoms with Crippen molar-refractivity contribution in [2.24, 2.45) is 5.73 Å². The molecule has 0 saturated carbocycles. The monoisotopic (exact) mass is 167 g/mol. The van der Waals surface area contributed by atoms with E-state index < -0.39 is 0 Å². The average molecular weight is 168 g/mol. The fraction of sp³-hybridized carbons (Fsp3) is 0.111. The predicted octanol–water partition coefficient (Wildman–Crippen LogP) is 1.74. The first-order valence-electron chi connectivity index (χ1n) is 3.11. The summed E-state index contributed by atoms with van der Waals surface area (Å²) in [5.41, 5.74) is 6.55. The van der Waals surface area contributed by atoms with E-state index in [0.717, 1.165) is 5.56 Å². The van der Waals surface area contributed by atoms with Crippen LogP contribution in [0.3, 0.4) is 0 Å². The van der Waals surface area contributed by atoms with Crippen LogP contribution < -0.4 is 5.73 Å². The van der Waals surface area contributed by atoms with Gasteiger partial charge in [0.2, 0.25) is 0 Å². The quantitative estimate of drug-likeness (QED) is 0.634. The summed E-state index contributed by atoms with van der Waals surface area (Å²) in [5.74, 6) is 2.46. The maximum atomic E-state index is 5.56. The first-order chi connectivity index (χ1) is 4.84. The summed E-state index contributed by atoms with van der Waals surface area (Å²) in [6.45, 7) is 0. The van der Waals surface area contributed by atoms with Crippen molar-refractivity contribution < 1.29 is 0 Å². The van der Waals surface area contributed by atoms with Crippen LogP contribution in [0.4, 0.5) is 0 Å². The number of terminal acetylenes is 1. The normalized spacial score (nSPS) is 10.9. The van der Waals surface area contributed by atoms with Gasteiger partial charge < -0.3 is 5.73 Å². The van der Waals surface area contributed by atoms with Gasteiger partial charge in [0.1, 0.15) is 0 Å². The molecule has 2 N–H and O–H groups in total. The third-order valence-corrected chi connectivity index (χ3v) is 1.34. The summed E-state index contributed by atoms with van der Waals surface area (Å²) in [6, 6.07) is 9.36. The summed E-state index contributed by atoms with van der Waals surface area (Å²) >= 11 is 0. The van der Waals surface area contributed by atoms with Gasteiger partial charge in [-0.2, -0.15) is 0 Å². The lowest BCUT2D eigenvalue weighted by atomic mass is 10.1. The Kier molecular flexibility index (Phi) is 4.36. The van der Waals surface area contributed by atoms with E-state index in [0.29, 0.717) is 0 Å². The van der Waals surface area contributed by atoms with Crippen molar-refractivity contribution >= 4 is 12.4 Å². The van der Waals surface area contributed by atoms with E-state index >= 15 is 0 Å². The Morgan fingerprint density at radius 2 is 1.82 bits per heavy atom. The molecular formula is C9H10ClN. The lowest BCUT2D eigenvalue weighted by Crippen LogP contribution is -2.06.